The first-order valence-electron chi connectivity index (χ1n) is 18.0. The molecule has 52 heavy (non-hydrogen) atoms. The van der Waals surface area contributed by atoms with E-state index in [4.69, 9.17) is 9.47 Å². The maximum Gasteiger partial charge on any atom is 0.313 e. The molecule has 3 aliphatic rings. The van der Waals surface area contributed by atoms with Crippen LogP contribution in [0, 0.1) is 11.8 Å². The van der Waals surface area contributed by atoms with Crippen LogP contribution < -0.4 is 10.2 Å². The molecule has 2 bridgehead atoms. The Morgan fingerprint density at radius 2 is 1.79 bits per heavy atom. The lowest BCUT2D eigenvalue weighted by molar-refractivity contribution is -0.160. The van der Waals surface area contributed by atoms with Gasteiger partial charge in [0.1, 0.15) is 17.7 Å². The molecule has 0 aromatic heterocycles. The number of fused-ring (bicyclic) bond motifs is 2. The van der Waals surface area contributed by atoms with Gasteiger partial charge in [0, 0.05) is 36.6 Å². The van der Waals surface area contributed by atoms with E-state index in [1.807, 2.05) is 72.8 Å². The summed E-state index contributed by atoms with van der Waals surface area (Å²) in [5.74, 6) is -3.39. The lowest BCUT2D eigenvalue weighted by Gasteiger charge is -2.37. The van der Waals surface area contributed by atoms with E-state index < -0.39 is 41.7 Å². The number of hydrogen-bond donors (Lipinski definition) is 2. The summed E-state index contributed by atoms with van der Waals surface area (Å²) in [7, 11) is 0. The van der Waals surface area contributed by atoms with Crippen LogP contribution in [-0.4, -0.2) is 82.5 Å². The number of benzene rings is 3. The number of likely N-dealkylation sites (tertiary alicyclic amines) is 1. The number of esters is 1. The number of allylic oxidation sites excluding steroid dienone is 1. The van der Waals surface area contributed by atoms with Crippen LogP contribution in [0.3, 0.4) is 0 Å². The fourth-order valence-corrected chi connectivity index (χ4v) is 9.02. The summed E-state index contributed by atoms with van der Waals surface area (Å²) >= 11 is 3.75. The largest absolute Gasteiger partial charge is 0.455 e. The number of amides is 3. The van der Waals surface area contributed by atoms with Gasteiger partial charge in [0.15, 0.2) is 0 Å². The Kier molecular flexibility index (Phi) is 11.9. The van der Waals surface area contributed by atoms with Gasteiger partial charge in [-0.2, -0.15) is 0 Å². The second-order valence-corrected chi connectivity index (χ2v) is 14.9. The molecule has 3 aliphatic heterocycles. The molecular formula is C41H46BrN3O7. The highest BCUT2D eigenvalue weighted by molar-refractivity contribution is 9.09. The molecule has 6 rings (SSSR count). The first-order valence-corrected chi connectivity index (χ1v) is 18.9. The lowest BCUT2D eigenvalue weighted by Crippen LogP contribution is -2.57. The molecule has 3 heterocycles. The van der Waals surface area contributed by atoms with E-state index >= 15 is 0 Å². The van der Waals surface area contributed by atoms with Crippen LogP contribution in [0.1, 0.15) is 50.2 Å². The summed E-state index contributed by atoms with van der Waals surface area (Å²) in [6, 6.07) is 21.8. The van der Waals surface area contributed by atoms with Gasteiger partial charge in [-0.3, -0.25) is 19.2 Å². The summed E-state index contributed by atoms with van der Waals surface area (Å²) in [5.41, 5.74) is 0.0714. The third-order valence-electron chi connectivity index (χ3n) is 10.5. The Hall–Kier alpha value is -4.32. The molecule has 274 valence electrons. The summed E-state index contributed by atoms with van der Waals surface area (Å²) in [6.07, 6.45) is 4.72. The van der Waals surface area contributed by atoms with Crippen molar-refractivity contribution in [3.63, 3.8) is 0 Å². The Balaban J connectivity index is 1.33. The second kappa shape index (κ2) is 16.6. The minimum Gasteiger partial charge on any atom is -0.455 e. The summed E-state index contributed by atoms with van der Waals surface area (Å²) in [5, 5.41) is 14.3. The number of aliphatic hydroxyl groups excluding tert-OH is 1. The Morgan fingerprint density at radius 1 is 1.04 bits per heavy atom. The Bertz CT molecular complexity index is 1800. The van der Waals surface area contributed by atoms with Crippen LogP contribution >= 0.6 is 15.9 Å². The third kappa shape index (κ3) is 7.31. The molecule has 3 amide bonds. The van der Waals surface area contributed by atoms with E-state index in [9.17, 15) is 24.3 Å². The highest BCUT2D eigenvalue weighted by atomic mass is 79.9. The standard InChI is InChI=1S/C41H46BrN3O7/c1-3-5-18-33(47)43-26-32(28-15-8-6-9-16-28)51-40(50)34-35-38(48)45(22-12-7-13-23-46)37(41(35)25-31(42)36(34)52-41)39(49)44(21-4-2)30-20-19-27-14-10-11-17-29(27)24-30/h3-4,6,8-11,14-17,19-20,24,31-32,34-37,46H,1-2,5,7,12-13,18,21-23,25-26H2,(H,43,47)/t31?,32-,34-,35+,36-,37-,41+/m0/s1. The molecule has 2 N–H and O–H groups in total. The van der Waals surface area contributed by atoms with Gasteiger partial charge < -0.3 is 29.7 Å². The quantitative estimate of drug-likeness (QED) is 0.0789. The predicted octanol–water partition coefficient (Wildman–Crippen LogP) is 5.64. The van der Waals surface area contributed by atoms with Gasteiger partial charge in [-0.1, -0.05) is 88.7 Å². The number of unbranched alkanes of at least 4 members (excludes halogenated alkanes) is 2. The molecule has 0 aliphatic carbocycles. The monoisotopic (exact) mass is 771 g/mol. The van der Waals surface area contributed by atoms with Gasteiger partial charge in [-0.15, -0.1) is 13.2 Å². The van der Waals surface area contributed by atoms with E-state index in [-0.39, 0.29) is 55.2 Å². The third-order valence-corrected chi connectivity index (χ3v) is 11.3. The SMILES string of the molecule is C=CCCC(=O)NC[C@H](OC(=O)[C@@H]1[C@H]2O[C@@]3(CC2Br)[C@H](C(=O)N(CC=C)c2ccc4ccccc4c2)N(CCCCCO)C(=O)[C@@H]13)c1ccccc1. The second-order valence-electron chi connectivity index (χ2n) is 13.7. The molecule has 3 fully saturated rings. The Morgan fingerprint density at radius 3 is 2.52 bits per heavy atom. The molecule has 3 aromatic carbocycles. The topological polar surface area (TPSA) is 125 Å². The number of anilines is 1. The van der Waals surface area contributed by atoms with Gasteiger partial charge >= 0.3 is 5.97 Å². The molecule has 3 aromatic rings. The van der Waals surface area contributed by atoms with Gasteiger partial charge in [0.25, 0.3) is 5.91 Å². The van der Waals surface area contributed by atoms with Gasteiger partial charge in [-0.25, -0.2) is 0 Å². The van der Waals surface area contributed by atoms with Crippen molar-refractivity contribution in [3.05, 3.63) is 104 Å². The van der Waals surface area contributed by atoms with Crippen LogP contribution in [-0.2, 0) is 28.7 Å². The maximum absolute atomic E-state index is 15.0. The van der Waals surface area contributed by atoms with Crippen LogP contribution in [0.2, 0.25) is 0 Å². The molecule has 3 saturated heterocycles. The molecule has 10 nitrogen and oxygen atoms in total. The number of ether oxygens (including phenoxy) is 2. The molecule has 0 radical (unpaired) electrons. The molecule has 1 spiro atoms. The maximum atomic E-state index is 15.0. The smallest absolute Gasteiger partial charge is 0.313 e. The highest BCUT2D eigenvalue weighted by Gasteiger charge is 2.77. The van der Waals surface area contributed by atoms with Crippen molar-refractivity contribution in [1.82, 2.24) is 10.2 Å². The number of nitrogens with one attached hydrogen (secondary N) is 1. The predicted molar refractivity (Wildman–Crippen MR) is 203 cm³/mol. The zero-order valence-corrected chi connectivity index (χ0v) is 30.8. The summed E-state index contributed by atoms with van der Waals surface area (Å²) < 4.78 is 12.9. The summed E-state index contributed by atoms with van der Waals surface area (Å²) in [6.45, 7) is 8.13. The van der Waals surface area contributed by atoms with Crippen molar-refractivity contribution < 1.29 is 33.8 Å². The van der Waals surface area contributed by atoms with Crippen LogP contribution in [0.5, 0.6) is 0 Å². The number of alkyl halides is 1. The average molecular weight is 773 g/mol. The molecular weight excluding hydrogens is 726 g/mol. The van der Waals surface area contributed by atoms with Crippen molar-refractivity contribution in [1.29, 1.82) is 0 Å². The van der Waals surface area contributed by atoms with Gasteiger partial charge in [-0.05, 0) is 60.6 Å². The van der Waals surface area contributed by atoms with Crippen molar-refractivity contribution in [2.75, 3.05) is 31.1 Å². The van der Waals surface area contributed by atoms with E-state index in [1.165, 1.54) is 0 Å². The Labute approximate surface area is 313 Å². The molecule has 7 atom stereocenters. The molecule has 11 heteroatoms. The zero-order chi connectivity index (χ0) is 36.8. The molecule has 1 unspecified atom stereocenters. The first-order chi connectivity index (χ1) is 25.2. The van der Waals surface area contributed by atoms with Crippen LogP contribution in [0.25, 0.3) is 10.8 Å². The van der Waals surface area contributed by atoms with Crippen molar-refractivity contribution >= 4 is 56.1 Å². The first kappa shape index (κ1) is 37.4. The fourth-order valence-electron chi connectivity index (χ4n) is 8.08. The van der Waals surface area contributed by atoms with Crippen molar-refractivity contribution in [2.45, 2.75) is 67.2 Å². The number of carbonyl (C=O) groups excluding carboxylic acids is 4. The van der Waals surface area contributed by atoms with Crippen molar-refractivity contribution in [2.24, 2.45) is 11.8 Å². The van der Waals surface area contributed by atoms with E-state index in [0.29, 0.717) is 43.4 Å². The van der Waals surface area contributed by atoms with Crippen LogP contribution in [0.4, 0.5) is 5.69 Å². The lowest BCUT2D eigenvalue weighted by atomic mass is 9.70. The minimum atomic E-state index is -1.29. The number of rotatable bonds is 17. The summed E-state index contributed by atoms with van der Waals surface area (Å²) in [4.78, 5) is 59.5. The fraction of sp³-hybridized carbons (Fsp3) is 0.415. The van der Waals surface area contributed by atoms with Crippen LogP contribution in [0.15, 0.2) is 98.1 Å². The highest BCUT2D eigenvalue weighted by Crippen LogP contribution is 2.60. The van der Waals surface area contributed by atoms with Gasteiger partial charge in [0.2, 0.25) is 11.8 Å². The number of aliphatic hydroxyl groups is 1. The number of nitrogens with zero attached hydrogens (tertiary/aromatic N) is 2. The zero-order valence-electron chi connectivity index (χ0n) is 29.2. The van der Waals surface area contributed by atoms with E-state index in [0.717, 1.165) is 10.8 Å². The number of halogens is 1. The van der Waals surface area contributed by atoms with Crippen molar-refractivity contribution in [3.8, 4) is 0 Å². The van der Waals surface area contributed by atoms with E-state index in [2.05, 4.69) is 34.4 Å². The normalized spacial score (nSPS) is 25.1. The van der Waals surface area contributed by atoms with E-state index in [1.54, 1.807) is 22.0 Å². The minimum absolute atomic E-state index is 0.0270. The van der Waals surface area contributed by atoms with Gasteiger partial charge in [0.05, 0.1) is 24.5 Å². The number of hydrogen-bond acceptors (Lipinski definition) is 7. The number of carbonyl (C=O) groups is 4. The average Bonchev–Trinajstić information content (AvgIpc) is 3.75. The molecule has 0 saturated carbocycles.